The number of likely N-dealkylation sites (tertiary alicyclic amines) is 3. The summed E-state index contributed by atoms with van der Waals surface area (Å²) in [5, 5.41) is 10.0. The van der Waals surface area contributed by atoms with E-state index in [0.29, 0.717) is 18.7 Å². The van der Waals surface area contributed by atoms with Gasteiger partial charge < -0.3 is 20.2 Å². The minimum atomic E-state index is -5.08. The molecule has 1 unspecified atom stereocenters. The predicted octanol–water partition coefficient (Wildman–Crippen LogP) is 2.97. The van der Waals surface area contributed by atoms with Crippen molar-refractivity contribution in [1.82, 2.24) is 14.7 Å². The van der Waals surface area contributed by atoms with Gasteiger partial charge in [-0.3, -0.25) is 19.3 Å². The molecule has 5 rings (SSSR count). The number of amides is 3. The van der Waals surface area contributed by atoms with Crippen molar-refractivity contribution in [3.8, 4) is 0 Å². The summed E-state index contributed by atoms with van der Waals surface area (Å²) in [6, 6.07) is 7.25. The fourth-order valence-corrected chi connectivity index (χ4v) is 5.28. The van der Waals surface area contributed by atoms with Gasteiger partial charge in [0, 0.05) is 55.4 Å². The zero-order valence-corrected chi connectivity index (χ0v) is 21.1. The first-order chi connectivity index (χ1) is 18.0. The molecular weight excluding hydrogens is 505 g/mol. The molecule has 1 spiro atoms. The zero-order valence-electron chi connectivity index (χ0n) is 21.1. The average molecular weight is 539 g/mol. The van der Waals surface area contributed by atoms with Crippen LogP contribution < -0.4 is 5.32 Å². The number of anilines is 1. The summed E-state index contributed by atoms with van der Waals surface area (Å²) in [6.07, 6.45) is 2.16. The molecule has 3 heterocycles. The van der Waals surface area contributed by atoms with E-state index in [2.05, 4.69) is 10.2 Å². The van der Waals surface area contributed by atoms with Crippen LogP contribution >= 0.6 is 0 Å². The number of hydrogen-bond acceptors (Lipinski definition) is 5. The molecule has 0 aromatic heterocycles. The third-order valence-corrected chi connectivity index (χ3v) is 7.74. The molecule has 1 atom stereocenters. The quantitative estimate of drug-likeness (QED) is 0.597. The lowest BCUT2D eigenvalue weighted by Gasteiger charge is -2.57. The number of carboxylic acid groups (broad SMARTS) is 1. The van der Waals surface area contributed by atoms with Crippen molar-refractivity contribution in [3.05, 3.63) is 29.8 Å². The number of aliphatic carboxylic acids is 1. The third-order valence-electron chi connectivity index (χ3n) is 7.74. The highest BCUT2D eigenvalue weighted by Gasteiger charge is 2.49. The first-order valence-electron chi connectivity index (χ1n) is 13.0. The SMILES string of the molecule is O=C(Nc1ccc(C(=O)N2CCCC3(CCN3CC(=O)N3CCCC3)C2)cc1)C1CC1.O=C(O)C(F)(F)F. The molecule has 12 heteroatoms. The summed E-state index contributed by atoms with van der Waals surface area (Å²) in [5.41, 5.74) is 1.36. The number of piperidine rings is 1. The summed E-state index contributed by atoms with van der Waals surface area (Å²) in [7, 11) is 0. The Morgan fingerprint density at radius 1 is 0.921 bits per heavy atom. The molecule has 2 N–H and O–H groups in total. The summed E-state index contributed by atoms with van der Waals surface area (Å²) in [4.78, 5) is 52.9. The maximum atomic E-state index is 13.2. The largest absolute Gasteiger partial charge is 0.490 e. The van der Waals surface area contributed by atoms with Gasteiger partial charge >= 0.3 is 12.1 Å². The van der Waals surface area contributed by atoms with Crippen molar-refractivity contribution in [1.29, 1.82) is 0 Å². The van der Waals surface area contributed by atoms with Crippen LogP contribution in [-0.4, -0.2) is 94.5 Å². The first kappa shape index (κ1) is 27.9. The van der Waals surface area contributed by atoms with E-state index in [0.717, 1.165) is 76.8 Å². The van der Waals surface area contributed by atoms with Gasteiger partial charge in [0.25, 0.3) is 5.91 Å². The number of alkyl halides is 3. The number of rotatable bonds is 5. The van der Waals surface area contributed by atoms with Crippen LogP contribution in [0.4, 0.5) is 18.9 Å². The molecule has 0 bridgehead atoms. The Bertz CT molecular complexity index is 1050. The second kappa shape index (κ2) is 11.3. The normalized spacial score (nSPS) is 23.3. The Morgan fingerprint density at radius 3 is 2.05 bits per heavy atom. The van der Waals surface area contributed by atoms with E-state index in [4.69, 9.17) is 9.90 Å². The maximum absolute atomic E-state index is 13.2. The van der Waals surface area contributed by atoms with Gasteiger partial charge in [0.15, 0.2) is 0 Å². The smallest absolute Gasteiger partial charge is 0.475 e. The van der Waals surface area contributed by atoms with Gasteiger partial charge in [-0.2, -0.15) is 13.2 Å². The molecule has 3 amide bonds. The number of nitrogens with one attached hydrogen (secondary N) is 1. The fourth-order valence-electron chi connectivity index (χ4n) is 5.28. The average Bonchev–Trinajstić information content (AvgIpc) is 3.60. The second-order valence-corrected chi connectivity index (χ2v) is 10.5. The molecule has 1 aromatic rings. The van der Waals surface area contributed by atoms with Gasteiger partial charge in [-0.15, -0.1) is 0 Å². The van der Waals surface area contributed by atoms with Crippen molar-refractivity contribution in [2.24, 2.45) is 5.92 Å². The van der Waals surface area contributed by atoms with E-state index in [9.17, 15) is 27.6 Å². The lowest BCUT2D eigenvalue weighted by Crippen LogP contribution is -2.68. The van der Waals surface area contributed by atoms with Crippen LogP contribution in [0.3, 0.4) is 0 Å². The molecule has 0 radical (unpaired) electrons. The first-order valence-corrected chi connectivity index (χ1v) is 13.0. The van der Waals surface area contributed by atoms with Crippen LogP contribution in [0.1, 0.15) is 55.3 Å². The van der Waals surface area contributed by atoms with Gasteiger partial charge in [0.2, 0.25) is 11.8 Å². The number of carbonyl (C=O) groups excluding carboxylic acids is 3. The molecule has 4 aliphatic rings. The molecule has 208 valence electrons. The summed E-state index contributed by atoms with van der Waals surface area (Å²) in [5.74, 6) is -2.24. The minimum absolute atomic E-state index is 0.0388. The zero-order chi connectivity index (χ0) is 27.5. The number of nitrogens with zero attached hydrogens (tertiary/aromatic N) is 3. The molecular formula is C26H33F3N4O5. The van der Waals surface area contributed by atoms with Gasteiger partial charge in [-0.1, -0.05) is 0 Å². The Balaban J connectivity index is 0.000000426. The van der Waals surface area contributed by atoms with E-state index in [1.54, 1.807) is 0 Å². The third kappa shape index (κ3) is 6.64. The van der Waals surface area contributed by atoms with Gasteiger partial charge in [0.1, 0.15) is 0 Å². The van der Waals surface area contributed by atoms with E-state index in [1.165, 1.54) is 0 Å². The van der Waals surface area contributed by atoms with E-state index < -0.39 is 12.1 Å². The fraction of sp³-hybridized carbons (Fsp3) is 0.615. The molecule has 3 aliphatic heterocycles. The lowest BCUT2D eigenvalue weighted by molar-refractivity contribution is -0.192. The van der Waals surface area contributed by atoms with Gasteiger partial charge in [0.05, 0.1) is 6.54 Å². The van der Waals surface area contributed by atoms with Crippen molar-refractivity contribution >= 4 is 29.4 Å². The summed E-state index contributed by atoms with van der Waals surface area (Å²) < 4.78 is 31.7. The molecule has 1 saturated carbocycles. The van der Waals surface area contributed by atoms with Crippen molar-refractivity contribution < 1.29 is 37.5 Å². The number of benzene rings is 1. The number of carboxylic acids is 1. The molecule has 9 nitrogen and oxygen atoms in total. The Morgan fingerprint density at radius 2 is 1.53 bits per heavy atom. The van der Waals surface area contributed by atoms with Crippen LogP contribution in [0.25, 0.3) is 0 Å². The van der Waals surface area contributed by atoms with Crippen LogP contribution in [-0.2, 0) is 14.4 Å². The van der Waals surface area contributed by atoms with Gasteiger partial charge in [-0.05, 0) is 69.2 Å². The van der Waals surface area contributed by atoms with Crippen LogP contribution in [0.5, 0.6) is 0 Å². The molecule has 1 aliphatic carbocycles. The van der Waals surface area contributed by atoms with Gasteiger partial charge in [-0.25, -0.2) is 4.79 Å². The maximum Gasteiger partial charge on any atom is 0.490 e. The number of carbonyl (C=O) groups is 4. The minimum Gasteiger partial charge on any atom is -0.475 e. The Kier molecular flexibility index (Phi) is 8.29. The molecule has 3 saturated heterocycles. The molecule has 4 fully saturated rings. The predicted molar refractivity (Wildman–Crippen MR) is 131 cm³/mol. The summed E-state index contributed by atoms with van der Waals surface area (Å²) >= 11 is 0. The second-order valence-electron chi connectivity index (χ2n) is 10.5. The number of hydrogen-bond donors (Lipinski definition) is 2. The van der Waals surface area contributed by atoms with E-state index in [1.807, 2.05) is 34.1 Å². The highest BCUT2D eigenvalue weighted by molar-refractivity contribution is 5.97. The Hall–Kier alpha value is -3.15. The highest BCUT2D eigenvalue weighted by atomic mass is 19.4. The van der Waals surface area contributed by atoms with Crippen LogP contribution in [0, 0.1) is 5.92 Å². The Labute approximate surface area is 218 Å². The van der Waals surface area contributed by atoms with Crippen LogP contribution in [0.2, 0.25) is 0 Å². The van der Waals surface area contributed by atoms with E-state index >= 15 is 0 Å². The van der Waals surface area contributed by atoms with E-state index in [-0.39, 0.29) is 29.2 Å². The number of halogens is 3. The van der Waals surface area contributed by atoms with Crippen molar-refractivity contribution in [2.75, 3.05) is 44.6 Å². The topological polar surface area (TPSA) is 110 Å². The van der Waals surface area contributed by atoms with Crippen molar-refractivity contribution in [3.63, 3.8) is 0 Å². The van der Waals surface area contributed by atoms with Crippen molar-refractivity contribution in [2.45, 2.75) is 56.7 Å². The lowest BCUT2D eigenvalue weighted by atomic mass is 9.77. The summed E-state index contributed by atoms with van der Waals surface area (Å²) in [6.45, 7) is 4.66. The molecule has 1 aromatic carbocycles. The van der Waals surface area contributed by atoms with Crippen LogP contribution in [0.15, 0.2) is 24.3 Å². The monoisotopic (exact) mass is 538 g/mol. The molecule has 38 heavy (non-hydrogen) atoms. The standard InChI is InChI=1S/C24H32N4O3.C2HF3O2/c29-21(26-12-1-2-13-26)16-28-15-11-24(28)10-3-14-27(17-24)23(31)19-6-8-20(9-7-19)25-22(30)18-4-5-18;3-2(4,5)1(6)7/h6-9,18H,1-5,10-17H2,(H,25,30);(H,6,7). The highest BCUT2D eigenvalue weighted by Crippen LogP contribution is 2.39.